The Morgan fingerprint density at radius 1 is 1.60 bits per heavy atom. The highest BCUT2D eigenvalue weighted by Gasteiger charge is 2.13. The summed E-state index contributed by atoms with van der Waals surface area (Å²) in [7, 11) is 0. The third-order valence-electron chi connectivity index (χ3n) is 1.80. The molecular formula is C10H9FO4. The van der Waals surface area contributed by atoms with E-state index >= 15 is 0 Å². The van der Waals surface area contributed by atoms with Crippen molar-refractivity contribution in [2.45, 2.75) is 6.92 Å². The SMILES string of the molecule is Cc1ccc(F)c(C=O)c1OCC(=O)O. The lowest BCUT2D eigenvalue weighted by Gasteiger charge is -2.09. The Bertz CT molecular complexity index is 401. The molecule has 1 aromatic carbocycles. The number of benzene rings is 1. The Morgan fingerprint density at radius 3 is 2.80 bits per heavy atom. The van der Waals surface area contributed by atoms with Crippen LogP contribution in [0.15, 0.2) is 12.1 Å². The van der Waals surface area contributed by atoms with Crippen LogP contribution in [0.2, 0.25) is 0 Å². The Labute approximate surface area is 85.3 Å². The van der Waals surface area contributed by atoms with E-state index in [0.717, 1.165) is 6.07 Å². The second-order valence-corrected chi connectivity index (χ2v) is 2.91. The number of halogens is 1. The largest absolute Gasteiger partial charge is 0.481 e. The van der Waals surface area contributed by atoms with E-state index in [1.807, 2.05) is 0 Å². The predicted molar refractivity (Wildman–Crippen MR) is 49.7 cm³/mol. The third-order valence-corrected chi connectivity index (χ3v) is 1.80. The van der Waals surface area contributed by atoms with Crippen LogP contribution >= 0.6 is 0 Å². The second kappa shape index (κ2) is 4.54. The van der Waals surface area contributed by atoms with Gasteiger partial charge in [-0.2, -0.15) is 0 Å². The minimum absolute atomic E-state index is 0.0209. The van der Waals surface area contributed by atoms with Crippen molar-refractivity contribution in [3.05, 3.63) is 29.1 Å². The smallest absolute Gasteiger partial charge is 0.341 e. The summed E-state index contributed by atoms with van der Waals surface area (Å²) in [6.45, 7) is 0.995. The number of rotatable bonds is 4. The molecule has 5 heteroatoms. The van der Waals surface area contributed by atoms with E-state index in [1.54, 1.807) is 6.92 Å². The highest BCUT2D eigenvalue weighted by atomic mass is 19.1. The maximum atomic E-state index is 13.1. The van der Waals surface area contributed by atoms with Crippen molar-refractivity contribution in [2.24, 2.45) is 0 Å². The van der Waals surface area contributed by atoms with Gasteiger partial charge in [0.15, 0.2) is 12.9 Å². The zero-order valence-corrected chi connectivity index (χ0v) is 7.99. The lowest BCUT2D eigenvalue weighted by atomic mass is 10.1. The topological polar surface area (TPSA) is 63.6 Å². The van der Waals surface area contributed by atoms with E-state index in [2.05, 4.69) is 0 Å². The molecule has 15 heavy (non-hydrogen) atoms. The molecule has 80 valence electrons. The lowest BCUT2D eigenvalue weighted by molar-refractivity contribution is -0.139. The molecule has 0 amide bonds. The number of aldehydes is 1. The molecule has 0 aliphatic carbocycles. The van der Waals surface area contributed by atoms with Gasteiger partial charge in [-0.05, 0) is 18.6 Å². The molecule has 4 nitrogen and oxygen atoms in total. The van der Waals surface area contributed by atoms with E-state index in [0.29, 0.717) is 11.8 Å². The third kappa shape index (κ3) is 2.52. The van der Waals surface area contributed by atoms with Crippen molar-refractivity contribution in [3.8, 4) is 5.75 Å². The first-order chi connectivity index (χ1) is 7.06. The molecule has 0 saturated carbocycles. The van der Waals surface area contributed by atoms with Crippen molar-refractivity contribution in [2.75, 3.05) is 6.61 Å². The van der Waals surface area contributed by atoms with E-state index in [-0.39, 0.29) is 11.3 Å². The van der Waals surface area contributed by atoms with Crippen molar-refractivity contribution >= 4 is 12.3 Å². The average Bonchev–Trinajstić information content (AvgIpc) is 2.19. The molecule has 1 rings (SSSR count). The van der Waals surface area contributed by atoms with Gasteiger partial charge in [0.25, 0.3) is 0 Å². The zero-order chi connectivity index (χ0) is 11.4. The van der Waals surface area contributed by atoms with Gasteiger partial charge in [0.2, 0.25) is 0 Å². The number of carbonyl (C=O) groups excluding carboxylic acids is 1. The van der Waals surface area contributed by atoms with Gasteiger partial charge >= 0.3 is 5.97 Å². The minimum Gasteiger partial charge on any atom is -0.481 e. The van der Waals surface area contributed by atoms with Gasteiger partial charge in [0, 0.05) is 0 Å². The molecule has 0 spiro atoms. The van der Waals surface area contributed by atoms with Gasteiger partial charge in [-0.25, -0.2) is 9.18 Å². The maximum Gasteiger partial charge on any atom is 0.341 e. The summed E-state index contributed by atoms with van der Waals surface area (Å²) in [5, 5.41) is 8.39. The molecule has 0 aromatic heterocycles. The summed E-state index contributed by atoms with van der Waals surface area (Å²) in [5.74, 6) is -1.93. The summed E-state index contributed by atoms with van der Waals surface area (Å²) in [4.78, 5) is 20.8. The summed E-state index contributed by atoms with van der Waals surface area (Å²) < 4.78 is 17.9. The van der Waals surface area contributed by atoms with Crippen LogP contribution in [0.4, 0.5) is 4.39 Å². The summed E-state index contributed by atoms with van der Waals surface area (Å²) in [5.41, 5.74) is 0.260. The highest BCUT2D eigenvalue weighted by Crippen LogP contribution is 2.24. The number of aliphatic carboxylic acids is 1. The van der Waals surface area contributed by atoms with Gasteiger partial charge in [-0.15, -0.1) is 0 Å². The Hall–Kier alpha value is -1.91. The van der Waals surface area contributed by atoms with Crippen LogP contribution in [0.1, 0.15) is 15.9 Å². The fourth-order valence-corrected chi connectivity index (χ4v) is 1.12. The van der Waals surface area contributed by atoms with Crippen molar-refractivity contribution < 1.29 is 23.8 Å². The van der Waals surface area contributed by atoms with E-state index in [1.165, 1.54) is 6.07 Å². The Morgan fingerprint density at radius 2 is 2.27 bits per heavy atom. The van der Waals surface area contributed by atoms with Crippen LogP contribution in [-0.2, 0) is 4.79 Å². The normalized spacial score (nSPS) is 9.73. The summed E-state index contributed by atoms with van der Waals surface area (Å²) in [6, 6.07) is 2.55. The van der Waals surface area contributed by atoms with Crippen LogP contribution in [0.5, 0.6) is 5.75 Å². The molecule has 0 aliphatic rings. The minimum atomic E-state index is -1.18. The van der Waals surface area contributed by atoms with Crippen molar-refractivity contribution in [3.63, 3.8) is 0 Å². The Balaban J connectivity index is 3.07. The number of hydrogen-bond acceptors (Lipinski definition) is 3. The first-order valence-corrected chi connectivity index (χ1v) is 4.15. The predicted octanol–water partition coefficient (Wildman–Crippen LogP) is 1.41. The molecule has 0 radical (unpaired) electrons. The Kier molecular flexibility index (Phi) is 3.38. The molecule has 0 heterocycles. The summed E-state index contributed by atoms with van der Waals surface area (Å²) >= 11 is 0. The molecule has 0 saturated heterocycles. The molecule has 0 bridgehead atoms. The van der Waals surface area contributed by atoms with Crippen LogP contribution in [-0.4, -0.2) is 24.0 Å². The van der Waals surface area contributed by atoms with Gasteiger partial charge in [0.1, 0.15) is 11.6 Å². The van der Waals surface area contributed by atoms with Crippen molar-refractivity contribution in [1.29, 1.82) is 0 Å². The first-order valence-electron chi connectivity index (χ1n) is 4.15. The molecule has 1 aromatic rings. The first kappa shape index (κ1) is 11.2. The lowest BCUT2D eigenvalue weighted by Crippen LogP contribution is -2.11. The highest BCUT2D eigenvalue weighted by molar-refractivity contribution is 5.81. The number of carbonyl (C=O) groups is 2. The van der Waals surface area contributed by atoms with Gasteiger partial charge in [-0.3, -0.25) is 4.79 Å². The number of carboxylic acid groups (broad SMARTS) is 1. The fraction of sp³-hybridized carbons (Fsp3) is 0.200. The average molecular weight is 212 g/mol. The van der Waals surface area contributed by atoms with Gasteiger partial charge in [-0.1, -0.05) is 6.07 Å². The van der Waals surface area contributed by atoms with Crippen LogP contribution in [0.25, 0.3) is 0 Å². The molecule has 0 aliphatic heterocycles. The van der Waals surface area contributed by atoms with Crippen LogP contribution < -0.4 is 4.74 Å². The molecule has 0 fully saturated rings. The van der Waals surface area contributed by atoms with Gasteiger partial charge < -0.3 is 9.84 Å². The van der Waals surface area contributed by atoms with Gasteiger partial charge in [0.05, 0.1) is 5.56 Å². The van der Waals surface area contributed by atoms with Crippen LogP contribution in [0, 0.1) is 12.7 Å². The number of hydrogen-bond donors (Lipinski definition) is 1. The fourth-order valence-electron chi connectivity index (χ4n) is 1.12. The monoisotopic (exact) mass is 212 g/mol. The standard InChI is InChI=1S/C10H9FO4/c1-6-2-3-8(11)7(4-12)10(6)15-5-9(13)14/h2-4H,5H2,1H3,(H,13,14). The molecule has 0 atom stereocenters. The molecule has 1 N–H and O–H groups in total. The van der Waals surface area contributed by atoms with E-state index < -0.39 is 18.4 Å². The maximum absolute atomic E-state index is 13.1. The zero-order valence-electron chi connectivity index (χ0n) is 7.99. The molecular weight excluding hydrogens is 203 g/mol. The number of carboxylic acids is 1. The summed E-state index contributed by atoms with van der Waals surface area (Å²) in [6.07, 6.45) is 0.305. The van der Waals surface area contributed by atoms with E-state index in [4.69, 9.17) is 9.84 Å². The second-order valence-electron chi connectivity index (χ2n) is 2.91. The number of aryl methyl sites for hydroxylation is 1. The van der Waals surface area contributed by atoms with E-state index in [9.17, 15) is 14.0 Å². The van der Waals surface area contributed by atoms with Crippen molar-refractivity contribution in [1.82, 2.24) is 0 Å². The number of ether oxygens (including phenoxy) is 1. The van der Waals surface area contributed by atoms with Crippen LogP contribution in [0.3, 0.4) is 0 Å². The quantitative estimate of drug-likeness (QED) is 0.766. The molecule has 0 unspecified atom stereocenters.